The SMILES string of the molecule is C=C/C=C(\C=C/C)CC1CCCN(C(=O)C(Cc2ccc(Cl)c(Cl)c2)NC(=O)CCCCCN)C1. The summed E-state index contributed by atoms with van der Waals surface area (Å²) < 4.78 is 0. The molecule has 0 spiro atoms. The van der Waals surface area contributed by atoms with E-state index in [0.29, 0.717) is 48.4 Å². The number of nitrogens with two attached hydrogens (primary N) is 1. The second kappa shape index (κ2) is 15.8. The molecule has 2 rings (SSSR count). The zero-order chi connectivity index (χ0) is 25.6. The van der Waals surface area contributed by atoms with E-state index in [0.717, 1.165) is 44.1 Å². The molecule has 0 radical (unpaired) electrons. The lowest BCUT2D eigenvalue weighted by molar-refractivity contribution is -0.138. The summed E-state index contributed by atoms with van der Waals surface area (Å²) in [7, 11) is 0. The summed E-state index contributed by atoms with van der Waals surface area (Å²) in [6.07, 6.45) is 14.2. The molecule has 1 saturated heterocycles. The molecule has 5 nitrogen and oxygen atoms in total. The maximum atomic E-state index is 13.6. The van der Waals surface area contributed by atoms with Crippen LogP contribution in [-0.2, 0) is 16.0 Å². The van der Waals surface area contributed by atoms with Gasteiger partial charge in [-0.1, -0.05) is 66.6 Å². The number of likely N-dealkylation sites (tertiary alicyclic amines) is 1. The van der Waals surface area contributed by atoms with Gasteiger partial charge in [0.15, 0.2) is 0 Å². The molecule has 7 heteroatoms. The molecule has 35 heavy (non-hydrogen) atoms. The summed E-state index contributed by atoms with van der Waals surface area (Å²) in [4.78, 5) is 28.2. The topological polar surface area (TPSA) is 75.4 Å². The van der Waals surface area contributed by atoms with E-state index < -0.39 is 6.04 Å². The summed E-state index contributed by atoms with van der Waals surface area (Å²) in [6.45, 7) is 7.81. The number of nitrogens with one attached hydrogen (secondary N) is 1. The molecule has 1 aromatic rings. The van der Waals surface area contributed by atoms with Crippen molar-refractivity contribution in [3.8, 4) is 0 Å². The predicted molar refractivity (Wildman–Crippen MR) is 147 cm³/mol. The number of benzene rings is 1. The van der Waals surface area contributed by atoms with Crippen molar-refractivity contribution in [2.75, 3.05) is 19.6 Å². The molecule has 0 aromatic heterocycles. The Morgan fingerprint density at radius 2 is 2.06 bits per heavy atom. The number of allylic oxidation sites excluding steroid dienone is 5. The number of nitrogens with zero attached hydrogens (tertiary/aromatic N) is 1. The van der Waals surface area contributed by atoms with E-state index in [-0.39, 0.29) is 11.8 Å². The van der Waals surface area contributed by atoms with E-state index in [1.807, 2.05) is 30.0 Å². The number of halogens is 2. The zero-order valence-electron chi connectivity index (χ0n) is 20.8. The third kappa shape index (κ3) is 10.2. The smallest absolute Gasteiger partial charge is 0.245 e. The lowest BCUT2D eigenvalue weighted by Gasteiger charge is -2.35. The molecular formula is C28H39Cl2N3O2. The quantitative estimate of drug-likeness (QED) is 0.253. The Hall–Kier alpha value is -2.08. The highest BCUT2D eigenvalue weighted by Gasteiger charge is 2.30. The zero-order valence-corrected chi connectivity index (χ0v) is 22.3. The Labute approximate surface area is 220 Å². The Bertz CT molecular complexity index is 913. The molecule has 2 amide bonds. The monoisotopic (exact) mass is 519 g/mol. The van der Waals surface area contributed by atoms with Gasteiger partial charge in [0.25, 0.3) is 0 Å². The van der Waals surface area contributed by atoms with Gasteiger partial charge in [0, 0.05) is 25.9 Å². The highest BCUT2D eigenvalue weighted by molar-refractivity contribution is 6.42. The highest BCUT2D eigenvalue weighted by Crippen LogP contribution is 2.26. The minimum Gasteiger partial charge on any atom is -0.344 e. The van der Waals surface area contributed by atoms with Gasteiger partial charge >= 0.3 is 0 Å². The number of hydrogen-bond acceptors (Lipinski definition) is 3. The molecule has 2 unspecified atom stereocenters. The van der Waals surface area contributed by atoms with Crippen LogP contribution in [0.3, 0.4) is 0 Å². The van der Waals surface area contributed by atoms with Gasteiger partial charge in [0.05, 0.1) is 10.0 Å². The van der Waals surface area contributed by atoms with Crippen LogP contribution in [0.4, 0.5) is 0 Å². The van der Waals surface area contributed by atoms with Crippen molar-refractivity contribution in [2.24, 2.45) is 11.7 Å². The third-order valence-corrected chi connectivity index (χ3v) is 6.97. The standard InChI is InChI=1S/C28H39Cl2N3O2/c1-3-9-21(10-4-2)17-23-11-8-16-33(20-23)28(35)26(32-27(34)12-6-5-7-15-31)19-22-13-14-24(29)25(30)18-22/h3-4,9-10,13-14,18,23,26H,1,5-8,11-12,15-17,19-20,31H2,2H3,(H,32,34)/b10-4-,21-9+. The fourth-order valence-electron chi connectivity index (χ4n) is 4.52. The van der Waals surface area contributed by atoms with E-state index in [1.165, 1.54) is 5.57 Å². The first-order chi connectivity index (χ1) is 16.9. The number of unbranched alkanes of at least 4 members (excludes halogenated alkanes) is 2. The molecule has 3 N–H and O–H groups in total. The number of rotatable bonds is 13. The maximum absolute atomic E-state index is 13.6. The molecule has 1 aromatic carbocycles. The van der Waals surface area contributed by atoms with Crippen LogP contribution in [0, 0.1) is 5.92 Å². The molecular weight excluding hydrogens is 481 g/mol. The minimum absolute atomic E-state index is 0.0450. The van der Waals surface area contributed by atoms with Crippen molar-refractivity contribution in [3.63, 3.8) is 0 Å². The number of amides is 2. The molecule has 1 aliphatic rings. The van der Waals surface area contributed by atoms with Gasteiger partial charge in [-0.2, -0.15) is 0 Å². The number of piperidine rings is 1. The van der Waals surface area contributed by atoms with E-state index in [9.17, 15) is 9.59 Å². The molecule has 0 aliphatic carbocycles. The largest absolute Gasteiger partial charge is 0.344 e. The first-order valence-electron chi connectivity index (χ1n) is 12.5. The van der Waals surface area contributed by atoms with E-state index in [4.69, 9.17) is 28.9 Å². The Morgan fingerprint density at radius 1 is 1.26 bits per heavy atom. The molecule has 0 saturated carbocycles. The fourth-order valence-corrected chi connectivity index (χ4v) is 4.84. The van der Waals surface area contributed by atoms with Gasteiger partial charge in [-0.05, 0) is 74.8 Å². The predicted octanol–water partition coefficient (Wildman–Crippen LogP) is 5.86. The van der Waals surface area contributed by atoms with Crippen LogP contribution >= 0.6 is 23.2 Å². The van der Waals surface area contributed by atoms with Crippen LogP contribution in [-0.4, -0.2) is 42.4 Å². The van der Waals surface area contributed by atoms with Crippen molar-refractivity contribution in [2.45, 2.75) is 64.3 Å². The number of carbonyl (C=O) groups excluding carboxylic acids is 2. The van der Waals surface area contributed by atoms with Crippen molar-refractivity contribution in [3.05, 3.63) is 70.3 Å². The minimum atomic E-state index is -0.647. The molecule has 1 heterocycles. The van der Waals surface area contributed by atoms with Gasteiger partial charge in [-0.15, -0.1) is 0 Å². The molecule has 192 valence electrons. The van der Waals surface area contributed by atoms with Gasteiger partial charge < -0.3 is 16.0 Å². The van der Waals surface area contributed by atoms with Crippen molar-refractivity contribution >= 4 is 35.0 Å². The Morgan fingerprint density at radius 3 is 2.74 bits per heavy atom. The first-order valence-corrected chi connectivity index (χ1v) is 13.3. The summed E-state index contributed by atoms with van der Waals surface area (Å²) in [6, 6.07) is 4.69. The van der Waals surface area contributed by atoms with E-state index >= 15 is 0 Å². The Balaban J connectivity index is 2.12. The maximum Gasteiger partial charge on any atom is 0.245 e. The third-order valence-electron chi connectivity index (χ3n) is 6.23. The van der Waals surface area contributed by atoms with Crippen LogP contribution in [0.25, 0.3) is 0 Å². The summed E-state index contributed by atoms with van der Waals surface area (Å²) in [5.74, 6) is 0.210. The van der Waals surface area contributed by atoms with Crippen molar-refractivity contribution in [1.29, 1.82) is 0 Å². The van der Waals surface area contributed by atoms with Crippen molar-refractivity contribution in [1.82, 2.24) is 10.2 Å². The lowest BCUT2D eigenvalue weighted by atomic mass is 9.90. The average Bonchev–Trinajstić information content (AvgIpc) is 2.84. The van der Waals surface area contributed by atoms with Crippen LogP contribution in [0.2, 0.25) is 10.0 Å². The molecule has 1 aliphatic heterocycles. The summed E-state index contributed by atoms with van der Waals surface area (Å²) in [5.41, 5.74) is 7.62. The molecule has 1 fully saturated rings. The van der Waals surface area contributed by atoms with Gasteiger partial charge in [0.1, 0.15) is 6.04 Å². The van der Waals surface area contributed by atoms with E-state index in [1.54, 1.807) is 18.2 Å². The molecule has 0 bridgehead atoms. The first kappa shape index (κ1) is 29.2. The highest BCUT2D eigenvalue weighted by atomic mass is 35.5. The average molecular weight is 521 g/mol. The van der Waals surface area contributed by atoms with Gasteiger partial charge in [-0.25, -0.2) is 0 Å². The summed E-state index contributed by atoms with van der Waals surface area (Å²) >= 11 is 12.3. The van der Waals surface area contributed by atoms with Gasteiger partial charge in [-0.3, -0.25) is 9.59 Å². The van der Waals surface area contributed by atoms with Gasteiger partial charge in [0.2, 0.25) is 11.8 Å². The lowest BCUT2D eigenvalue weighted by Crippen LogP contribution is -2.52. The second-order valence-corrected chi connectivity index (χ2v) is 9.96. The summed E-state index contributed by atoms with van der Waals surface area (Å²) in [5, 5.41) is 3.90. The van der Waals surface area contributed by atoms with Crippen LogP contribution < -0.4 is 11.1 Å². The Kier molecular flexibility index (Phi) is 13.2. The van der Waals surface area contributed by atoms with Crippen LogP contribution in [0.15, 0.2) is 54.7 Å². The second-order valence-electron chi connectivity index (χ2n) is 9.15. The van der Waals surface area contributed by atoms with Crippen molar-refractivity contribution < 1.29 is 9.59 Å². The van der Waals surface area contributed by atoms with Crippen LogP contribution in [0.1, 0.15) is 57.4 Å². The van der Waals surface area contributed by atoms with Crippen LogP contribution in [0.5, 0.6) is 0 Å². The fraction of sp³-hybridized carbons (Fsp3) is 0.500. The number of hydrogen-bond donors (Lipinski definition) is 2. The normalized spacial score (nSPS) is 17.4. The van der Waals surface area contributed by atoms with E-state index in [2.05, 4.69) is 18.0 Å². The molecule has 2 atom stereocenters. The number of carbonyl (C=O) groups is 2.